The van der Waals surface area contributed by atoms with E-state index in [4.69, 9.17) is 9.15 Å². The van der Waals surface area contributed by atoms with Gasteiger partial charge in [-0.05, 0) is 18.1 Å². The van der Waals surface area contributed by atoms with Crippen LogP contribution in [0.5, 0.6) is 0 Å². The number of aryl methyl sites for hydroxylation is 1. The smallest absolute Gasteiger partial charge is 0.208 e. The number of hydrogen-bond acceptors (Lipinski definition) is 4. The average molecular weight is 244 g/mol. The molecule has 0 radical (unpaired) electrons. The fourth-order valence-corrected chi connectivity index (χ4v) is 2.24. The Labute approximate surface area is 106 Å². The van der Waals surface area contributed by atoms with E-state index < -0.39 is 0 Å². The molecule has 4 heteroatoms. The molecule has 4 nitrogen and oxygen atoms in total. The number of fused-ring (bicyclic) bond motifs is 1. The van der Waals surface area contributed by atoms with Crippen LogP contribution in [0.2, 0.25) is 0 Å². The van der Waals surface area contributed by atoms with Crippen LogP contribution in [0.15, 0.2) is 34.9 Å². The topological polar surface area (TPSA) is 47.3 Å². The average Bonchev–Trinajstić information content (AvgIpc) is 2.82. The minimum absolute atomic E-state index is 0.210. The number of nitrogens with zero attached hydrogens (tertiary/aromatic N) is 1. The molecule has 0 saturated heterocycles. The Kier molecular flexibility index (Phi) is 3.13. The summed E-state index contributed by atoms with van der Waals surface area (Å²) in [6, 6.07) is 8.58. The van der Waals surface area contributed by atoms with Crippen LogP contribution in [0.25, 0.3) is 0 Å². The van der Waals surface area contributed by atoms with E-state index in [1.807, 2.05) is 13.0 Å². The molecule has 0 saturated carbocycles. The third-order valence-corrected chi connectivity index (χ3v) is 3.14. The van der Waals surface area contributed by atoms with E-state index in [1.165, 1.54) is 11.1 Å². The van der Waals surface area contributed by atoms with Gasteiger partial charge in [-0.3, -0.25) is 5.32 Å². The van der Waals surface area contributed by atoms with E-state index >= 15 is 0 Å². The van der Waals surface area contributed by atoms with Crippen molar-refractivity contribution in [2.75, 3.05) is 6.61 Å². The molecule has 1 aromatic heterocycles. The molecule has 1 aliphatic rings. The Morgan fingerprint density at radius 2 is 2.28 bits per heavy atom. The minimum Gasteiger partial charge on any atom is -0.445 e. The predicted molar refractivity (Wildman–Crippen MR) is 66.9 cm³/mol. The van der Waals surface area contributed by atoms with Gasteiger partial charge in [0.05, 0.1) is 32.0 Å². The molecule has 18 heavy (non-hydrogen) atoms. The van der Waals surface area contributed by atoms with Crippen molar-refractivity contribution in [3.05, 3.63) is 53.2 Å². The fraction of sp³-hybridized carbons (Fsp3) is 0.357. The predicted octanol–water partition coefficient (Wildman–Crippen LogP) is 2.34. The van der Waals surface area contributed by atoms with Gasteiger partial charge in [0.15, 0.2) is 0 Å². The largest absolute Gasteiger partial charge is 0.445 e. The number of ether oxygens (including phenoxy) is 1. The van der Waals surface area contributed by atoms with Crippen LogP contribution in [-0.4, -0.2) is 11.6 Å². The maximum atomic E-state index is 5.59. The zero-order valence-corrected chi connectivity index (χ0v) is 10.3. The molecule has 94 valence electrons. The summed E-state index contributed by atoms with van der Waals surface area (Å²) in [6.45, 7) is 3.91. The maximum absolute atomic E-state index is 5.59. The molecular formula is C14H16N2O2. The standard InChI is InChI=1S/C14H16N2O2/c1-10-6-16-14(18-10)7-15-13-9-17-8-11-4-2-3-5-12(11)13/h2-6,13,15H,7-9H2,1H3. The molecule has 0 aliphatic carbocycles. The van der Waals surface area contributed by atoms with E-state index in [-0.39, 0.29) is 6.04 Å². The second kappa shape index (κ2) is 4.92. The van der Waals surface area contributed by atoms with Gasteiger partial charge in [-0.2, -0.15) is 0 Å². The quantitative estimate of drug-likeness (QED) is 0.900. The molecule has 1 N–H and O–H groups in total. The summed E-state index contributed by atoms with van der Waals surface area (Å²) in [5, 5.41) is 3.43. The van der Waals surface area contributed by atoms with E-state index in [9.17, 15) is 0 Å². The third kappa shape index (κ3) is 2.30. The SMILES string of the molecule is Cc1cnc(CNC2COCc3ccccc32)o1. The Balaban J connectivity index is 1.71. The molecule has 1 atom stereocenters. The van der Waals surface area contributed by atoms with Crippen LogP contribution < -0.4 is 5.32 Å². The molecule has 0 spiro atoms. The normalized spacial score (nSPS) is 18.6. The number of aromatic nitrogens is 1. The first kappa shape index (κ1) is 11.4. The molecule has 0 fully saturated rings. The van der Waals surface area contributed by atoms with E-state index in [1.54, 1.807) is 6.20 Å². The second-order valence-electron chi connectivity index (χ2n) is 4.51. The molecule has 0 amide bonds. The summed E-state index contributed by atoms with van der Waals surface area (Å²) in [5.74, 6) is 1.56. The van der Waals surface area contributed by atoms with Crippen LogP contribution in [0, 0.1) is 6.92 Å². The van der Waals surface area contributed by atoms with Crippen molar-refractivity contribution in [1.82, 2.24) is 10.3 Å². The fourth-order valence-electron chi connectivity index (χ4n) is 2.24. The first-order valence-corrected chi connectivity index (χ1v) is 6.13. The summed E-state index contributed by atoms with van der Waals surface area (Å²) in [7, 11) is 0. The Bertz CT molecular complexity index is 536. The molecule has 1 aliphatic heterocycles. The van der Waals surface area contributed by atoms with Crippen molar-refractivity contribution in [1.29, 1.82) is 0 Å². The van der Waals surface area contributed by atoms with Gasteiger partial charge in [0, 0.05) is 0 Å². The minimum atomic E-state index is 0.210. The van der Waals surface area contributed by atoms with Gasteiger partial charge >= 0.3 is 0 Å². The zero-order valence-electron chi connectivity index (χ0n) is 10.3. The number of hydrogen-bond donors (Lipinski definition) is 1. The van der Waals surface area contributed by atoms with Gasteiger partial charge in [0.1, 0.15) is 5.76 Å². The van der Waals surface area contributed by atoms with Crippen molar-refractivity contribution in [2.45, 2.75) is 26.1 Å². The molecule has 1 unspecified atom stereocenters. The van der Waals surface area contributed by atoms with Gasteiger partial charge < -0.3 is 9.15 Å². The van der Waals surface area contributed by atoms with Crippen LogP contribution in [0.4, 0.5) is 0 Å². The van der Waals surface area contributed by atoms with Crippen molar-refractivity contribution >= 4 is 0 Å². The molecular weight excluding hydrogens is 228 g/mol. The van der Waals surface area contributed by atoms with Crippen LogP contribution >= 0.6 is 0 Å². The highest BCUT2D eigenvalue weighted by Crippen LogP contribution is 2.24. The summed E-state index contributed by atoms with van der Waals surface area (Å²) in [6.07, 6.45) is 1.74. The lowest BCUT2D eigenvalue weighted by Crippen LogP contribution is -2.29. The second-order valence-corrected chi connectivity index (χ2v) is 4.51. The Hall–Kier alpha value is -1.65. The van der Waals surface area contributed by atoms with Crippen molar-refractivity contribution in [2.24, 2.45) is 0 Å². The van der Waals surface area contributed by atoms with Gasteiger partial charge in [0.25, 0.3) is 0 Å². The van der Waals surface area contributed by atoms with Crippen LogP contribution in [-0.2, 0) is 17.9 Å². The lowest BCUT2D eigenvalue weighted by molar-refractivity contribution is 0.0809. The first-order valence-electron chi connectivity index (χ1n) is 6.13. The highest BCUT2D eigenvalue weighted by atomic mass is 16.5. The van der Waals surface area contributed by atoms with Gasteiger partial charge in [-0.15, -0.1) is 0 Å². The van der Waals surface area contributed by atoms with E-state index in [0.29, 0.717) is 19.8 Å². The molecule has 2 heterocycles. The van der Waals surface area contributed by atoms with Gasteiger partial charge in [-0.1, -0.05) is 24.3 Å². The lowest BCUT2D eigenvalue weighted by Gasteiger charge is -2.26. The third-order valence-electron chi connectivity index (χ3n) is 3.14. The number of benzene rings is 1. The molecule has 3 rings (SSSR count). The van der Waals surface area contributed by atoms with Crippen molar-refractivity contribution in [3.63, 3.8) is 0 Å². The number of nitrogens with one attached hydrogen (secondary N) is 1. The lowest BCUT2D eigenvalue weighted by atomic mass is 9.99. The summed E-state index contributed by atoms with van der Waals surface area (Å²) < 4.78 is 11.0. The zero-order chi connectivity index (χ0) is 12.4. The van der Waals surface area contributed by atoms with Crippen LogP contribution in [0.3, 0.4) is 0 Å². The number of rotatable bonds is 3. The highest BCUT2D eigenvalue weighted by molar-refractivity contribution is 5.31. The van der Waals surface area contributed by atoms with Gasteiger partial charge in [-0.25, -0.2) is 4.98 Å². The van der Waals surface area contributed by atoms with Gasteiger partial charge in [0.2, 0.25) is 5.89 Å². The molecule has 2 aromatic rings. The van der Waals surface area contributed by atoms with E-state index in [2.05, 4.69) is 28.5 Å². The number of oxazole rings is 1. The van der Waals surface area contributed by atoms with Crippen molar-refractivity contribution in [3.8, 4) is 0 Å². The highest BCUT2D eigenvalue weighted by Gasteiger charge is 2.20. The van der Waals surface area contributed by atoms with E-state index in [0.717, 1.165) is 11.7 Å². The summed E-state index contributed by atoms with van der Waals surface area (Å²) in [4.78, 5) is 4.19. The molecule has 0 bridgehead atoms. The molecule has 1 aromatic carbocycles. The van der Waals surface area contributed by atoms with Crippen LogP contribution in [0.1, 0.15) is 28.8 Å². The first-order chi connectivity index (χ1) is 8.83. The Morgan fingerprint density at radius 1 is 1.39 bits per heavy atom. The maximum Gasteiger partial charge on any atom is 0.208 e. The summed E-state index contributed by atoms with van der Waals surface area (Å²) in [5.41, 5.74) is 2.57. The van der Waals surface area contributed by atoms with Crippen molar-refractivity contribution < 1.29 is 9.15 Å². The monoisotopic (exact) mass is 244 g/mol. The Morgan fingerprint density at radius 3 is 3.11 bits per heavy atom. The summed E-state index contributed by atoms with van der Waals surface area (Å²) >= 11 is 0.